The SMILES string of the molecule is CCOC(=O)N1CC2CC(=O)C(C(O)CSC(=S)OCC)C2C1. The van der Waals surface area contributed by atoms with Gasteiger partial charge in [-0.25, -0.2) is 4.79 Å². The molecule has 1 heterocycles. The highest BCUT2D eigenvalue weighted by Crippen LogP contribution is 2.42. The molecule has 1 amide bonds. The lowest BCUT2D eigenvalue weighted by Crippen LogP contribution is -2.36. The van der Waals surface area contributed by atoms with Crippen LogP contribution in [0.5, 0.6) is 0 Å². The van der Waals surface area contributed by atoms with E-state index in [1.807, 2.05) is 6.92 Å². The molecule has 0 aromatic heterocycles. The Labute approximate surface area is 145 Å². The molecule has 0 aromatic rings. The van der Waals surface area contributed by atoms with E-state index in [-0.39, 0.29) is 23.7 Å². The van der Waals surface area contributed by atoms with Gasteiger partial charge in [-0.3, -0.25) is 4.79 Å². The van der Waals surface area contributed by atoms with Crippen LogP contribution < -0.4 is 0 Å². The minimum Gasteiger partial charge on any atom is -0.479 e. The molecular formula is C15H23NO5S2. The summed E-state index contributed by atoms with van der Waals surface area (Å²) in [6.45, 7) is 5.44. The molecule has 1 aliphatic carbocycles. The maximum atomic E-state index is 12.2. The van der Waals surface area contributed by atoms with Gasteiger partial charge in [0.15, 0.2) is 0 Å². The second-order valence-corrected chi connectivity index (χ2v) is 7.41. The number of nitrogens with zero attached hydrogens (tertiary/aromatic N) is 1. The Morgan fingerprint density at radius 1 is 1.39 bits per heavy atom. The Morgan fingerprint density at radius 2 is 2.09 bits per heavy atom. The summed E-state index contributed by atoms with van der Waals surface area (Å²) in [6.07, 6.45) is -0.694. The smallest absolute Gasteiger partial charge is 0.409 e. The van der Waals surface area contributed by atoms with Gasteiger partial charge >= 0.3 is 6.09 Å². The predicted molar refractivity (Wildman–Crippen MR) is 91.4 cm³/mol. The average Bonchev–Trinajstić information content (AvgIpc) is 3.02. The van der Waals surface area contributed by atoms with Crippen molar-refractivity contribution < 1.29 is 24.2 Å². The summed E-state index contributed by atoms with van der Waals surface area (Å²) in [5, 5.41) is 10.4. The fraction of sp³-hybridized carbons (Fsp3) is 0.800. The summed E-state index contributed by atoms with van der Waals surface area (Å²) < 4.78 is 10.6. The number of ether oxygens (including phenoxy) is 2. The molecule has 8 heteroatoms. The standard InChI is InChI=1S/C15H23NO5S2/c1-3-20-14(19)16-6-9-5-11(17)13(10(9)7-16)12(18)8-23-15(22)21-4-2/h9-10,12-13,18H,3-8H2,1-2H3. The number of aliphatic hydroxyl groups is 1. The molecule has 1 N–H and O–H groups in total. The number of hydrogen-bond acceptors (Lipinski definition) is 7. The molecule has 1 saturated carbocycles. The third-order valence-corrected chi connectivity index (χ3v) is 5.70. The van der Waals surface area contributed by atoms with Crippen molar-refractivity contribution >= 4 is 40.2 Å². The largest absolute Gasteiger partial charge is 0.479 e. The highest BCUT2D eigenvalue weighted by molar-refractivity contribution is 8.22. The normalized spacial score (nSPS) is 27.7. The molecule has 4 atom stereocenters. The van der Waals surface area contributed by atoms with E-state index >= 15 is 0 Å². The van der Waals surface area contributed by atoms with E-state index in [0.717, 1.165) is 0 Å². The van der Waals surface area contributed by atoms with Gasteiger partial charge in [-0.2, -0.15) is 0 Å². The van der Waals surface area contributed by atoms with E-state index in [1.165, 1.54) is 11.8 Å². The van der Waals surface area contributed by atoms with Crippen molar-refractivity contribution in [3.63, 3.8) is 0 Å². The highest BCUT2D eigenvalue weighted by Gasteiger charge is 2.51. The summed E-state index contributed by atoms with van der Waals surface area (Å²) in [7, 11) is 0. The first-order chi connectivity index (χ1) is 11.0. The van der Waals surface area contributed by atoms with Gasteiger partial charge in [-0.1, -0.05) is 11.8 Å². The molecule has 2 rings (SSSR count). The van der Waals surface area contributed by atoms with E-state index in [2.05, 4.69) is 0 Å². The van der Waals surface area contributed by atoms with Crippen LogP contribution >= 0.6 is 24.0 Å². The summed E-state index contributed by atoms with van der Waals surface area (Å²) in [4.78, 5) is 25.7. The topological polar surface area (TPSA) is 76.1 Å². The summed E-state index contributed by atoms with van der Waals surface area (Å²) in [5.74, 6) is 0.103. The lowest BCUT2D eigenvalue weighted by atomic mass is 9.88. The van der Waals surface area contributed by atoms with Gasteiger partial charge in [0.05, 0.1) is 19.3 Å². The lowest BCUT2D eigenvalue weighted by Gasteiger charge is -2.23. The van der Waals surface area contributed by atoms with Crippen LogP contribution in [0.4, 0.5) is 4.79 Å². The van der Waals surface area contributed by atoms with Crippen molar-refractivity contribution in [3.05, 3.63) is 0 Å². The van der Waals surface area contributed by atoms with Gasteiger partial charge in [0, 0.05) is 31.2 Å². The minimum atomic E-state index is -0.775. The first-order valence-electron chi connectivity index (χ1n) is 7.89. The molecular weight excluding hydrogens is 338 g/mol. The monoisotopic (exact) mass is 361 g/mol. The second kappa shape index (κ2) is 8.30. The van der Waals surface area contributed by atoms with Crippen molar-refractivity contribution in [2.45, 2.75) is 26.4 Å². The van der Waals surface area contributed by atoms with Crippen LogP contribution in [-0.2, 0) is 14.3 Å². The van der Waals surface area contributed by atoms with Crippen LogP contribution in [0.15, 0.2) is 0 Å². The fourth-order valence-corrected chi connectivity index (χ4v) is 4.47. The molecule has 1 aliphatic heterocycles. The van der Waals surface area contributed by atoms with E-state index in [9.17, 15) is 14.7 Å². The Balaban J connectivity index is 1.92. The Hall–Kier alpha value is -0.860. The van der Waals surface area contributed by atoms with Crippen LogP contribution in [0.3, 0.4) is 0 Å². The number of thiocarbonyl (C=S) groups is 1. The number of fused-ring (bicyclic) bond motifs is 1. The Morgan fingerprint density at radius 3 is 2.74 bits per heavy atom. The molecule has 1 saturated heterocycles. The molecule has 23 heavy (non-hydrogen) atoms. The quantitative estimate of drug-likeness (QED) is 0.747. The highest BCUT2D eigenvalue weighted by atomic mass is 32.2. The summed E-state index contributed by atoms with van der Waals surface area (Å²) in [6, 6.07) is 0. The van der Waals surface area contributed by atoms with Gasteiger partial charge in [0.1, 0.15) is 5.78 Å². The first kappa shape index (κ1) is 18.5. The van der Waals surface area contributed by atoms with Gasteiger partial charge in [-0.15, -0.1) is 0 Å². The van der Waals surface area contributed by atoms with E-state index < -0.39 is 12.0 Å². The van der Waals surface area contributed by atoms with Crippen molar-refractivity contribution in [3.8, 4) is 0 Å². The van der Waals surface area contributed by atoms with Crippen molar-refractivity contribution in [1.29, 1.82) is 0 Å². The molecule has 0 spiro atoms. The van der Waals surface area contributed by atoms with Gasteiger partial charge in [0.2, 0.25) is 4.38 Å². The zero-order valence-electron chi connectivity index (χ0n) is 13.4. The Kier molecular flexibility index (Phi) is 6.67. The predicted octanol–water partition coefficient (Wildman–Crippen LogP) is 1.70. The number of carbonyl (C=O) groups excluding carboxylic acids is 2. The zero-order chi connectivity index (χ0) is 17.0. The third-order valence-electron chi connectivity index (χ3n) is 4.36. The van der Waals surface area contributed by atoms with Gasteiger partial charge in [0.25, 0.3) is 0 Å². The van der Waals surface area contributed by atoms with E-state index in [0.29, 0.717) is 42.9 Å². The third kappa shape index (κ3) is 4.36. The number of carbonyl (C=O) groups is 2. The maximum absolute atomic E-state index is 12.2. The van der Waals surface area contributed by atoms with Gasteiger partial charge in [-0.05, 0) is 37.9 Å². The number of likely N-dealkylation sites (tertiary alicyclic amines) is 1. The van der Waals surface area contributed by atoms with E-state index in [4.69, 9.17) is 21.7 Å². The molecule has 0 radical (unpaired) electrons. The fourth-order valence-electron chi connectivity index (χ4n) is 3.43. The zero-order valence-corrected chi connectivity index (χ0v) is 15.0. The van der Waals surface area contributed by atoms with Crippen LogP contribution in [0.1, 0.15) is 20.3 Å². The minimum absolute atomic E-state index is 0.00294. The number of amides is 1. The first-order valence-corrected chi connectivity index (χ1v) is 9.29. The van der Waals surface area contributed by atoms with Gasteiger partial charge < -0.3 is 19.5 Å². The summed E-state index contributed by atoms with van der Waals surface area (Å²) >= 11 is 6.28. The lowest BCUT2D eigenvalue weighted by molar-refractivity contribution is -0.124. The number of ketones is 1. The second-order valence-electron chi connectivity index (χ2n) is 5.79. The molecule has 2 fully saturated rings. The number of Topliss-reactive ketones (excluding diaryl/α,β-unsaturated/α-hetero) is 1. The van der Waals surface area contributed by atoms with Crippen molar-refractivity contribution in [2.75, 3.05) is 32.1 Å². The van der Waals surface area contributed by atoms with Crippen LogP contribution in [0, 0.1) is 17.8 Å². The molecule has 0 bridgehead atoms. The van der Waals surface area contributed by atoms with E-state index in [1.54, 1.807) is 11.8 Å². The average molecular weight is 361 g/mol. The van der Waals surface area contributed by atoms with Crippen molar-refractivity contribution in [2.24, 2.45) is 17.8 Å². The van der Waals surface area contributed by atoms with Crippen LogP contribution in [-0.4, -0.2) is 64.4 Å². The maximum Gasteiger partial charge on any atom is 0.409 e. The molecule has 4 unspecified atom stereocenters. The Bertz CT molecular complexity index is 473. The number of rotatable bonds is 5. The van der Waals surface area contributed by atoms with Crippen LogP contribution in [0.2, 0.25) is 0 Å². The molecule has 130 valence electrons. The number of hydrogen-bond donors (Lipinski definition) is 1. The van der Waals surface area contributed by atoms with Crippen LogP contribution in [0.25, 0.3) is 0 Å². The summed E-state index contributed by atoms with van der Waals surface area (Å²) in [5.41, 5.74) is 0. The van der Waals surface area contributed by atoms with Crippen molar-refractivity contribution in [1.82, 2.24) is 4.90 Å². The molecule has 6 nitrogen and oxygen atoms in total. The molecule has 0 aromatic carbocycles. The number of thioether (sulfide) groups is 1. The number of aliphatic hydroxyl groups excluding tert-OH is 1. The molecule has 2 aliphatic rings.